The minimum absolute atomic E-state index is 0.233. The summed E-state index contributed by atoms with van der Waals surface area (Å²) >= 11 is 3.49. The van der Waals surface area contributed by atoms with Crippen LogP contribution in [0.25, 0.3) is 87.9 Å². The number of halogens is 1. The van der Waals surface area contributed by atoms with Gasteiger partial charge in [0.05, 0.1) is 106 Å². The largest absolute Gasteiger partial charge is 0.494 e. The Morgan fingerprint density at radius 2 is 0.817 bits per heavy atom. The van der Waals surface area contributed by atoms with Crippen molar-refractivity contribution in [2.45, 2.75) is 91.5 Å². The zero-order valence-corrected chi connectivity index (χ0v) is 67.4. The minimum Gasteiger partial charge on any atom is -0.493 e. The molecule has 0 unspecified atom stereocenters. The number of hydrogen-bond acceptors (Lipinski definition) is 20. The monoisotopic (exact) mass is 1540 g/mol. The fraction of sp³-hybridized carbons (Fsp3) is 0.410. The summed E-state index contributed by atoms with van der Waals surface area (Å²) in [6, 6.07) is 37.5. The molecular weight excluding hydrogens is 1440 g/mol. The Bertz CT molecular complexity index is 5220. The van der Waals surface area contributed by atoms with Gasteiger partial charge < -0.3 is 67.0 Å². The second kappa shape index (κ2) is 32.2. The first-order chi connectivity index (χ1) is 52.3. The molecule has 109 heavy (non-hydrogen) atoms. The Labute approximate surface area is 646 Å². The highest BCUT2D eigenvalue weighted by Gasteiger charge is 2.51. The quantitative estimate of drug-likeness (QED) is 0.0983. The number of hydrogen-bond donors (Lipinski definition) is 0. The molecule has 4 aliphatic rings. The molecule has 1 amide bonds. The summed E-state index contributed by atoms with van der Waals surface area (Å²) in [5.74, 6) is 4.07. The minimum atomic E-state index is -0.461. The number of aryl methyl sites for hydroxylation is 3. The van der Waals surface area contributed by atoms with Crippen LogP contribution < -0.4 is 48.6 Å². The van der Waals surface area contributed by atoms with Gasteiger partial charge in [-0.3, -0.25) is 29.0 Å². The first-order valence-electron chi connectivity index (χ1n) is 37.2. The summed E-state index contributed by atoms with van der Waals surface area (Å²) in [6.07, 6.45) is 9.21. The van der Waals surface area contributed by atoms with E-state index in [-0.39, 0.29) is 24.4 Å². The number of piperidine rings is 1. The molecule has 4 fully saturated rings. The van der Waals surface area contributed by atoms with Crippen LogP contribution >= 0.6 is 15.9 Å². The van der Waals surface area contributed by atoms with Crippen LogP contribution in [0.3, 0.4) is 0 Å². The van der Waals surface area contributed by atoms with Crippen molar-refractivity contribution in [2.75, 3.05) is 129 Å². The standard InChI is InChI=1S/C25H29N5O2.C24H26N4O2.C21H33BN2O4.C13H12BrN3O2/c1-5-29-10-12-30(13-11-29)18-8-6-17(7-9-18)25-24-19-14-22(31-3)23(32-4)15-20(19)26-16-21(24)28(2)27-25;1-27-20-15-25-19-14-22(30-3)21(29-2)13-18(19)23(20)24(26-27)16-7-9-17(10-8-16)28-11-5-4-6-12-28;1-19(2,3)26-18(25)24-14-12-23(13-15-24)17-10-8-16(9-11-17)22-27-20(4,5)21(6,7)28-22;1-17-9-6-15-8-5-11(19-3)10(18-2)4-7(8)12(9)13(14)16-17/h6-9,14-16H,5,10-13H2,1-4H3;7-10,13-15H,4-6,11-12H2,1-3H3;8-11H,12-15H2,1-7H3;4-6H,1-3H3. The molecule has 572 valence electrons. The van der Waals surface area contributed by atoms with E-state index in [2.05, 4.69) is 163 Å². The topological polar surface area (TPSA) is 208 Å². The third-order valence-corrected chi connectivity index (χ3v) is 22.0. The van der Waals surface area contributed by atoms with Gasteiger partial charge in [0.2, 0.25) is 0 Å². The molecule has 0 bridgehead atoms. The number of carbonyl (C=O) groups is 1. The normalized spacial score (nSPS) is 15.9. The molecule has 6 aromatic heterocycles. The average Bonchev–Trinajstić information content (AvgIpc) is 1.66. The van der Waals surface area contributed by atoms with Gasteiger partial charge in [-0.05, 0) is 150 Å². The SMILES string of the molecule is CC(C)(C)OC(=O)N1CCN(c2ccc(B3OC(C)(C)C(C)(C)O3)cc2)CC1.CCN1CCN(c2ccc(-c3nn(C)c4cnc5cc(OC)c(OC)cc5c34)cc2)CC1.COc1cc2ncc3c(c(-c4ccc(N5CCCCC5)cc4)nn3C)c2cc1OC.COc1cc2ncc3c(c(Br)nn3C)c2cc1OC. The number of ether oxygens (including phenoxy) is 7. The molecule has 0 radical (unpaired) electrons. The Hall–Kier alpha value is -10.1. The lowest BCUT2D eigenvalue weighted by atomic mass is 9.79. The van der Waals surface area contributed by atoms with Crippen LogP contribution in [0.2, 0.25) is 0 Å². The van der Waals surface area contributed by atoms with Gasteiger partial charge in [0.1, 0.15) is 21.6 Å². The van der Waals surface area contributed by atoms with Crippen molar-refractivity contribution in [2.24, 2.45) is 21.1 Å². The predicted molar refractivity (Wildman–Crippen MR) is 438 cm³/mol. The molecule has 4 aliphatic heterocycles. The Balaban J connectivity index is 0.000000130. The second-order valence-electron chi connectivity index (χ2n) is 29.8. The third-order valence-electron chi connectivity index (χ3n) is 21.4. The van der Waals surface area contributed by atoms with Gasteiger partial charge >= 0.3 is 13.2 Å². The maximum atomic E-state index is 12.2. The number of pyridine rings is 3. The van der Waals surface area contributed by atoms with Crippen molar-refractivity contribution in [3.05, 3.63) is 132 Å². The van der Waals surface area contributed by atoms with Crippen molar-refractivity contribution in [1.29, 1.82) is 0 Å². The van der Waals surface area contributed by atoms with Gasteiger partial charge in [-0.15, -0.1) is 0 Å². The number of aromatic nitrogens is 9. The molecule has 0 spiro atoms. The second-order valence-corrected chi connectivity index (χ2v) is 30.5. The Morgan fingerprint density at radius 1 is 0.468 bits per heavy atom. The maximum Gasteiger partial charge on any atom is 0.494 e. The summed E-state index contributed by atoms with van der Waals surface area (Å²) in [5, 5.41) is 20.2. The molecule has 10 heterocycles. The van der Waals surface area contributed by atoms with Crippen LogP contribution in [0.4, 0.5) is 21.9 Å². The van der Waals surface area contributed by atoms with E-state index in [9.17, 15) is 4.79 Å². The molecule has 0 N–H and O–H groups in total. The Morgan fingerprint density at radius 3 is 1.20 bits per heavy atom. The zero-order valence-electron chi connectivity index (χ0n) is 65.8. The zero-order chi connectivity index (χ0) is 77.2. The van der Waals surface area contributed by atoms with E-state index < -0.39 is 5.60 Å². The molecule has 24 nitrogen and oxygen atoms in total. The van der Waals surface area contributed by atoms with Crippen LogP contribution in [-0.4, -0.2) is 199 Å². The molecule has 4 saturated heterocycles. The molecule has 6 aromatic carbocycles. The lowest BCUT2D eigenvalue weighted by molar-refractivity contribution is 0.00578. The summed E-state index contributed by atoms with van der Waals surface area (Å²) in [5.41, 5.74) is 13.2. The van der Waals surface area contributed by atoms with E-state index in [1.54, 1.807) is 58.4 Å². The van der Waals surface area contributed by atoms with Crippen molar-refractivity contribution in [3.8, 4) is 57.0 Å². The molecular formula is C83H100BBrN14O10. The number of amides is 1. The van der Waals surface area contributed by atoms with E-state index >= 15 is 0 Å². The van der Waals surface area contributed by atoms with Crippen LogP contribution in [0, 0.1) is 0 Å². The number of fused-ring (bicyclic) bond motifs is 9. The van der Waals surface area contributed by atoms with Crippen LogP contribution in [0.1, 0.15) is 74.7 Å². The van der Waals surface area contributed by atoms with E-state index in [1.807, 2.05) is 100 Å². The van der Waals surface area contributed by atoms with Crippen LogP contribution in [0.15, 0.2) is 132 Å². The number of rotatable bonds is 13. The fourth-order valence-corrected chi connectivity index (χ4v) is 15.2. The summed E-state index contributed by atoms with van der Waals surface area (Å²) in [7, 11) is 15.3. The van der Waals surface area contributed by atoms with Crippen LogP contribution in [0.5, 0.6) is 34.5 Å². The van der Waals surface area contributed by atoms with E-state index in [0.717, 1.165) is 163 Å². The Kier molecular flexibility index (Phi) is 22.8. The van der Waals surface area contributed by atoms with E-state index in [0.29, 0.717) is 47.6 Å². The number of anilines is 3. The fourth-order valence-electron chi connectivity index (χ4n) is 14.6. The number of piperazine rings is 2. The number of nitrogens with zero attached hydrogens (tertiary/aromatic N) is 14. The number of carbonyl (C=O) groups excluding carboxylic acids is 1. The molecule has 0 atom stereocenters. The highest BCUT2D eigenvalue weighted by atomic mass is 79.9. The number of likely N-dealkylation sites (N-methyl/N-ethyl adjacent to an activating group) is 1. The van der Waals surface area contributed by atoms with Gasteiger partial charge in [-0.1, -0.05) is 43.3 Å². The number of methoxy groups -OCH3 is 6. The van der Waals surface area contributed by atoms with Gasteiger partial charge in [0, 0.05) is 165 Å². The average molecular weight is 1540 g/mol. The highest BCUT2D eigenvalue weighted by Crippen LogP contribution is 2.43. The number of benzene rings is 6. The van der Waals surface area contributed by atoms with Gasteiger partial charge in [0.25, 0.3) is 0 Å². The summed E-state index contributed by atoms with van der Waals surface area (Å²) < 4.78 is 56.7. The van der Waals surface area contributed by atoms with E-state index in [1.165, 1.54) is 30.6 Å². The van der Waals surface area contributed by atoms with Crippen molar-refractivity contribution in [3.63, 3.8) is 0 Å². The molecule has 12 aromatic rings. The van der Waals surface area contributed by atoms with E-state index in [4.69, 9.17) is 52.7 Å². The van der Waals surface area contributed by atoms with Gasteiger partial charge in [0.15, 0.2) is 34.5 Å². The first-order valence-corrected chi connectivity index (χ1v) is 38.0. The molecule has 16 rings (SSSR count). The lowest BCUT2D eigenvalue weighted by Gasteiger charge is -2.36. The molecule has 0 saturated carbocycles. The van der Waals surface area contributed by atoms with Gasteiger partial charge in [-0.25, -0.2) is 4.79 Å². The van der Waals surface area contributed by atoms with Crippen LogP contribution in [-0.2, 0) is 35.2 Å². The van der Waals surface area contributed by atoms with Gasteiger partial charge in [-0.2, -0.15) is 15.3 Å². The highest BCUT2D eigenvalue weighted by molar-refractivity contribution is 9.10. The molecule has 26 heteroatoms. The summed E-state index contributed by atoms with van der Waals surface area (Å²) in [6.45, 7) is 26.8. The van der Waals surface area contributed by atoms with Crippen molar-refractivity contribution in [1.82, 2.24) is 54.1 Å². The third kappa shape index (κ3) is 16.0. The smallest absolute Gasteiger partial charge is 0.493 e. The lowest BCUT2D eigenvalue weighted by Crippen LogP contribution is -2.50. The maximum absolute atomic E-state index is 12.2. The predicted octanol–water partition coefficient (Wildman–Crippen LogP) is 14.7. The van der Waals surface area contributed by atoms with Crippen molar-refractivity contribution >= 4 is 117 Å². The molecule has 0 aliphatic carbocycles. The summed E-state index contributed by atoms with van der Waals surface area (Å²) in [4.78, 5) is 37.4. The first kappa shape index (κ1) is 77.0. The van der Waals surface area contributed by atoms with Crippen molar-refractivity contribution < 1.29 is 47.3 Å².